The van der Waals surface area contributed by atoms with Crippen molar-refractivity contribution in [3.05, 3.63) is 54.9 Å². The summed E-state index contributed by atoms with van der Waals surface area (Å²) in [6.45, 7) is 7.09. The van der Waals surface area contributed by atoms with Crippen molar-refractivity contribution in [2.45, 2.75) is 17.7 Å². The molecule has 1 heterocycles. The van der Waals surface area contributed by atoms with Gasteiger partial charge in [-0.1, -0.05) is 25.3 Å². The van der Waals surface area contributed by atoms with Crippen LogP contribution in [0.3, 0.4) is 0 Å². The van der Waals surface area contributed by atoms with Crippen molar-refractivity contribution in [3.8, 4) is 0 Å². The van der Waals surface area contributed by atoms with Crippen LogP contribution in [-0.2, 0) is 14.3 Å². The van der Waals surface area contributed by atoms with Gasteiger partial charge in [-0.2, -0.15) is 12.6 Å². The molecule has 1 N–H and O–H groups in total. The highest BCUT2D eigenvalue weighted by molar-refractivity contribution is 7.81. The molecule has 0 unspecified atom stereocenters. The van der Waals surface area contributed by atoms with Gasteiger partial charge < -0.3 is 14.8 Å². The first kappa shape index (κ1) is 21.5. The first-order chi connectivity index (χ1) is 13.4. The summed E-state index contributed by atoms with van der Waals surface area (Å²) in [6.07, 6.45) is 2.46. The van der Waals surface area contributed by atoms with Gasteiger partial charge in [-0.05, 0) is 24.6 Å². The minimum atomic E-state index is -0.876. The second-order valence-electron chi connectivity index (χ2n) is 5.99. The monoisotopic (exact) mass is 408 g/mol. The number of likely N-dealkylation sites (tertiary alicyclic amines) is 1. The minimum Gasteiger partial charge on any atom is -0.458 e. The van der Waals surface area contributed by atoms with Crippen molar-refractivity contribution in [1.82, 2.24) is 4.90 Å². The van der Waals surface area contributed by atoms with E-state index in [1.807, 2.05) is 0 Å². The molecular weight excluding hydrogens is 387 g/mol. The summed E-state index contributed by atoms with van der Waals surface area (Å²) in [5, 5.41) is 2.40. The molecule has 1 aliphatic heterocycles. The van der Waals surface area contributed by atoms with E-state index in [0.29, 0.717) is 6.42 Å². The highest BCUT2D eigenvalue weighted by atomic mass is 32.1. The number of benzene rings is 1. The number of carbonyl (C=O) groups excluding carboxylic acids is 3. The van der Waals surface area contributed by atoms with Gasteiger partial charge in [0.15, 0.2) is 0 Å². The molecule has 1 aromatic rings. The van der Waals surface area contributed by atoms with Crippen molar-refractivity contribution in [2.75, 3.05) is 25.1 Å². The Kier molecular flexibility index (Phi) is 7.62. The van der Waals surface area contributed by atoms with Crippen LogP contribution < -0.4 is 5.32 Å². The average molecular weight is 408 g/mol. The number of anilines is 1. The molecule has 0 radical (unpaired) electrons. The van der Waals surface area contributed by atoms with E-state index in [0.717, 1.165) is 6.07 Å². The number of esters is 1. The SMILES string of the molecule is C=CCOC(=O)c1cc(NC(=O)[C@@H]2C[C@H](S)CN2C(=O)OCC=C)ccc1F. The third-order valence-electron chi connectivity index (χ3n) is 3.93. The van der Waals surface area contributed by atoms with E-state index in [-0.39, 0.29) is 36.3 Å². The summed E-state index contributed by atoms with van der Waals surface area (Å²) in [5.41, 5.74) is -0.126. The molecule has 0 aromatic heterocycles. The Hall–Kier alpha value is -2.81. The molecule has 2 rings (SSSR count). The molecule has 1 aromatic carbocycles. The van der Waals surface area contributed by atoms with Crippen LogP contribution in [0.4, 0.5) is 14.9 Å². The molecule has 0 aliphatic carbocycles. The van der Waals surface area contributed by atoms with Crippen molar-refractivity contribution >= 4 is 36.3 Å². The molecule has 2 amide bonds. The predicted molar refractivity (Wildman–Crippen MR) is 105 cm³/mol. The Bertz CT molecular complexity index is 786. The lowest BCUT2D eigenvalue weighted by Crippen LogP contribution is -2.43. The number of halogens is 1. The molecular formula is C19H21FN2O5S. The fraction of sp³-hybridized carbons (Fsp3) is 0.316. The molecule has 0 saturated carbocycles. The van der Waals surface area contributed by atoms with Crippen LogP contribution in [0.5, 0.6) is 0 Å². The van der Waals surface area contributed by atoms with E-state index >= 15 is 0 Å². The van der Waals surface area contributed by atoms with E-state index in [1.165, 1.54) is 29.2 Å². The maximum absolute atomic E-state index is 13.9. The van der Waals surface area contributed by atoms with Crippen LogP contribution in [0.25, 0.3) is 0 Å². The van der Waals surface area contributed by atoms with Crippen LogP contribution in [0.15, 0.2) is 43.5 Å². The zero-order chi connectivity index (χ0) is 20.7. The number of nitrogens with one attached hydrogen (secondary N) is 1. The number of amides is 2. The number of thiol groups is 1. The van der Waals surface area contributed by atoms with Gasteiger partial charge in [-0.3, -0.25) is 9.69 Å². The first-order valence-electron chi connectivity index (χ1n) is 8.48. The van der Waals surface area contributed by atoms with E-state index < -0.39 is 29.8 Å². The lowest BCUT2D eigenvalue weighted by atomic mass is 10.1. The zero-order valence-corrected chi connectivity index (χ0v) is 16.0. The molecule has 1 aliphatic rings. The lowest BCUT2D eigenvalue weighted by Gasteiger charge is -2.23. The number of carbonyl (C=O) groups is 3. The van der Waals surface area contributed by atoms with Gasteiger partial charge in [0.05, 0.1) is 5.56 Å². The summed E-state index contributed by atoms with van der Waals surface area (Å²) >= 11 is 4.34. The Morgan fingerprint density at radius 3 is 2.61 bits per heavy atom. The highest BCUT2D eigenvalue weighted by Crippen LogP contribution is 2.25. The van der Waals surface area contributed by atoms with Crippen molar-refractivity contribution in [1.29, 1.82) is 0 Å². The predicted octanol–water partition coefficient (Wildman–Crippen LogP) is 2.80. The lowest BCUT2D eigenvalue weighted by molar-refractivity contribution is -0.120. The summed E-state index contributed by atoms with van der Waals surface area (Å²) in [4.78, 5) is 37.9. The van der Waals surface area contributed by atoms with Crippen molar-refractivity contribution < 1.29 is 28.2 Å². The van der Waals surface area contributed by atoms with Crippen LogP contribution in [0, 0.1) is 5.82 Å². The summed E-state index contributed by atoms with van der Waals surface area (Å²) in [7, 11) is 0. The Balaban J connectivity index is 2.12. The summed E-state index contributed by atoms with van der Waals surface area (Å²) in [5.74, 6) is -2.15. The highest BCUT2D eigenvalue weighted by Gasteiger charge is 2.39. The largest absolute Gasteiger partial charge is 0.458 e. The standard InChI is InChI=1S/C19H21FN2O5S/c1-3-7-26-18(24)14-9-12(5-6-15(14)20)21-17(23)16-10-13(28)11-22(16)19(25)27-8-4-2/h3-6,9,13,16,28H,1-2,7-8,10-11H2,(H,21,23)/t13-,16-/m0/s1. The van der Waals surface area contributed by atoms with Gasteiger partial charge in [0.25, 0.3) is 0 Å². The van der Waals surface area contributed by atoms with Crippen LogP contribution >= 0.6 is 12.6 Å². The fourth-order valence-corrected chi connectivity index (χ4v) is 3.05. The van der Waals surface area contributed by atoms with Gasteiger partial charge in [0, 0.05) is 17.5 Å². The third-order valence-corrected chi connectivity index (χ3v) is 4.30. The molecule has 9 heteroatoms. The van der Waals surface area contributed by atoms with Crippen LogP contribution in [0.1, 0.15) is 16.8 Å². The maximum atomic E-state index is 13.9. The van der Waals surface area contributed by atoms with Gasteiger partial charge in [0.2, 0.25) is 5.91 Å². The van der Waals surface area contributed by atoms with E-state index in [2.05, 4.69) is 31.1 Å². The molecule has 0 bridgehead atoms. The number of hydrogen-bond acceptors (Lipinski definition) is 6. The van der Waals surface area contributed by atoms with Crippen molar-refractivity contribution in [2.24, 2.45) is 0 Å². The topological polar surface area (TPSA) is 84.9 Å². The van der Waals surface area contributed by atoms with Crippen LogP contribution in [0.2, 0.25) is 0 Å². The molecule has 1 fully saturated rings. The third kappa shape index (κ3) is 5.35. The Morgan fingerprint density at radius 2 is 1.93 bits per heavy atom. The van der Waals surface area contributed by atoms with Crippen LogP contribution in [-0.4, -0.2) is 53.9 Å². The first-order valence-corrected chi connectivity index (χ1v) is 8.99. The minimum absolute atomic E-state index is 0.0229. The fourth-order valence-electron chi connectivity index (χ4n) is 2.67. The average Bonchev–Trinajstić information content (AvgIpc) is 3.07. The summed E-state index contributed by atoms with van der Waals surface area (Å²) < 4.78 is 23.7. The zero-order valence-electron chi connectivity index (χ0n) is 15.1. The normalized spacial score (nSPS) is 18.3. The second-order valence-corrected chi connectivity index (χ2v) is 6.72. The quantitative estimate of drug-likeness (QED) is 0.412. The van der Waals surface area contributed by atoms with Crippen molar-refractivity contribution in [3.63, 3.8) is 0 Å². The maximum Gasteiger partial charge on any atom is 0.410 e. The van der Waals surface area contributed by atoms with E-state index in [1.54, 1.807) is 0 Å². The molecule has 28 heavy (non-hydrogen) atoms. The Labute approximate surface area is 167 Å². The smallest absolute Gasteiger partial charge is 0.410 e. The molecule has 0 spiro atoms. The second kappa shape index (κ2) is 9.93. The molecule has 150 valence electrons. The van der Waals surface area contributed by atoms with Gasteiger partial charge >= 0.3 is 12.1 Å². The number of hydrogen-bond donors (Lipinski definition) is 2. The number of ether oxygens (including phenoxy) is 2. The van der Waals surface area contributed by atoms with Gasteiger partial charge in [-0.25, -0.2) is 14.0 Å². The molecule has 2 atom stereocenters. The Morgan fingerprint density at radius 1 is 1.25 bits per heavy atom. The van der Waals surface area contributed by atoms with E-state index in [4.69, 9.17) is 9.47 Å². The molecule has 7 nitrogen and oxygen atoms in total. The summed E-state index contributed by atoms with van der Waals surface area (Å²) in [6, 6.07) is 2.73. The van der Waals surface area contributed by atoms with Gasteiger partial charge in [0.1, 0.15) is 25.1 Å². The van der Waals surface area contributed by atoms with Gasteiger partial charge in [-0.15, -0.1) is 0 Å². The number of nitrogens with zero attached hydrogens (tertiary/aromatic N) is 1. The van der Waals surface area contributed by atoms with E-state index in [9.17, 15) is 18.8 Å². The number of rotatable bonds is 7. The molecule has 1 saturated heterocycles.